The normalized spacial score (nSPS) is 11.1. The summed E-state index contributed by atoms with van der Waals surface area (Å²) < 4.78 is 40.6. The summed E-state index contributed by atoms with van der Waals surface area (Å²) in [7, 11) is 1.07. The van der Waals surface area contributed by atoms with E-state index in [0.29, 0.717) is 0 Å². The van der Waals surface area contributed by atoms with Gasteiger partial charge >= 0.3 is 18.1 Å². The van der Waals surface area contributed by atoms with E-state index in [1.165, 1.54) is 0 Å². The summed E-state index contributed by atoms with van der Waals surface area (Å²) in [5, 5.41) is 11.3. The summed E-state index contributed by atoms with van der Waals surface area (Å²) in [6.45, 7) is 0. The largest absolute Gasteiger partial charge is 0.506 e. The lowest BCUT2D eigenvalue weighted by molar-refractivity contribution is -0.167. The Morgan fingerprint density at radius 1 is 1.35 bits per heavy atom. The molecular weight excluding hydrogens is 415 g/mol. The Balaban J connectivity index is 3.28. The molecule has 0 atom stereocenters. The molecule has 0 saturated heterocycles. The van der Waals surface area contributed by atoms with Gasteiger partial charge in [-0.05, 0) is 37.9 Å². The minimum absolute atomic E-state index is 0.0415. The van der Waals surface area contributed by atoms with Crippen molar-refractivity contribution in [1.82, 2.24) is 0 Å². The van der Waals surface area contributed by atoms with Crippen LogP contribution in [0.2, 0.25) is 0 Å². The smallest absolute Gasteiger partial charge is 0.471 e. The molecule has 0 spiro atoms. The van der Waals surface area contributed by atoms with Crippen molar-refractivity contribution >= 4 is 49.4 Å². The van der Waals surface area contributed by atoms with Crippen LogP contribution in [0.5, 0.6) is 5.75 Å². The van der Waals surface area contributed by atoms with Crippen LogP contribution in [0.15, 0.2) is 15.0 Å². The Hall–Kier alpha value is -1.29. The number of amides is 1. The second-order valence-electron chi connectivity index (χ2n) is 3.39. The van der Waals surface area contributed by atoms with E-state index in [9.17, 15) is 27.9 Å². The third-order valence-corrected chi connectivity index (χ3v) is 3.49. The molecule has 110 valence electrons. The number of rotatable bonds is 2. The number of carbonyl (C=O) groups excluding carboxylic acids is 2. The zero-order valence-electron chi connectivity index (χ0n) is 9.64. The Kier molecular flexibility index (Phi) is 5.03. The van der Waals surface area contributed by atoms with Crippen LogP contribution in [-0.2, 0) is 9.53 Å². The molecule has 20 heavy (non-hydrogen) atoms. The van der Waals surface area contributed by atoms with Crippen molar-refractivity contribution in [1.29, 1.82) is 0 Å². The zero-order valence-corrected chi connectivity index (χ0v) is 12.8. The second-order valence-corrected chi connectivity index (χ2v) is 5.03. The van der Waals surface area contributed by atoms with Gasteiger partial charge in [-0.15, -0.1) is 0 Å². The molecule has 0 heterocycles. The monoisotopic (exact) mass is 419 g/mol. The van der Waals surface area contributed by atoms with Crippen molar-refractivity contribution in [2.75, 3.05) is 12.4 Å². The molecule has 0 aliphatic carbocycles. The van der Waals surface area contributed by atoms with Crippen LogP contribution in [0.1, 0.15) is 10.4 Å². The lowest BCUT2D eigenvalue weighted by Gasteiger charge is -2.14. The Morgan fingerprint density at radius 3 is 2.35 bits per heavy atom. The highest BCUT2D eigenvalue weighted by atomic mass is 79.9. The van der Waals surface area contributed by atoms with Gasteiger partial charge in [-0.25, -0.2) is 4.79 Å². The number of aromatic hydroxyl groups is 1. The number of hydrogen-bond donors (Lipinski definition) is 2. The van der Waals surface area contributed by atoms with E-state index in [-0.39, 0.29) is 20.2 Å². The number of phenolic OH excluding ortho intramolecular Hbond substituents is 1. The number of anilines is 1. The first-order valence-corrected chi connectivity index (χ1v) is 6.35. The standard InChI is InChI=1S/C10H6Br2F3NO4/c1-20-8(18)3-2-4(11)6(5(12)7(3)17)16-9(19)10(13,14)15/h2,17H,1H3,(H,16,19). The molecule has 0 aliphatic heterocycles. The maximum atomic E-state index is 12.2. The molecule has 1 aromatic carbocycles. The van der Waals surface area contributed by atoms with E-state index in [4.69, 9.17) is 0 Å². The fraction of sp³-hybridized carbons (Fsp3) is 0.200. The van der Waals surface area contributed by atoms with Gasteiger partial charge in [0.05, 0.1) is 17.3 Å². The van der Waals surface area contributed by atoms with Crippen molar-refractivity contribution in [2.45, 2.75) is 6.18 Å². The van der Waals surface area contributed by atoms with Crippen molar-refractivity contribution in [3.05, 3.63) is 20.6 Å². The van der Waals surface area contributed by atoms with Crippen molar-refractivity contribution in [3.8, 4) is 5.75 Å². The average molecular weight is 421 g/mol. The SMILES string of the molecule is COC(=O)c1cc(Br)c(NC(=O)C(F)(F)F)c(Br)c1O. The van der Waals surface area contributed by atoms with Crippen LogP contribution in [0.4, 0.5) is 18.9 Å². The number of carbonyl (C=O) groups is 2. The number of alkyl halides is 3. The average Bonchev–Trinajstić information content (AvgIpc) is 2.36. The third kappa shape index (κ3) is 3.42. The predicted octanol–water partition coefficient (Wildman–Crippen LogP) is 3.20. The highest BCUT2D eigenvalue weighted by Gasteiger charge is 2.39. The van der Waals surface area contributed by atoms with Crippen LogP contribution in [0.25, 0.3) is 0 Å². The van der Waals surface area contributed by atoms with Gasteiger partial charge in [-0.3, -0.25) is 4.79 Å². The molecule has 10 heteroatoms. The van der Waals surface area contributed by atoms with Gasteiger partial charge in [-0.1, -0.05) is 0 Å². The number of nitrogens with one attached hydrogen (secondary N) is 1. The number of hydrogen-bond acceptors (Lipinski definition) is 4. The van der Waals surface area contributed by atoms with Gasteiger partial charge < -0.3 is 15.2 Å². The summed E-state index contributed by atoms with van der Waals surface area (Å²) in [6, 6.07) is 1.03. The molecule has 0 radical (unpaired) electrons. The van der Waals surface area contributed by atoms with Crippen molar-refractivity contribution < 1.29 is 32.6 Å². The topological polar surface area (TPSA) is 75.6 Å². The number of esters is 1. The molecule has 0 unspecified atom stereocenters. The Labute approximate surface area is 127 Å². The van der Waals surface area contributed by atoms with Crippen LogP contribution < -0.4 is 5.32 Å². The highest BCUT2D eigenvalue weighted by molar-refractivity contribution is 9.11. The molecule has 0 saturated carbocycles. The molecule has 0 bridgehead atoms. The van der Waals surface area contributed by atoms with E-state index in [0.717, 1.165) is 13.2 Å². The van der Waals surface area contributed by atoms with Crippen molar-refractivity contribution in [3.63, 3.8) is 0 Å². The van der Waals surface area contributed by atoms with Gasteiger partial charge in [0.25, 0.3) is 0 Å². The fourth-order valence-corrected chi connectivity index (χ4v) is 2.49. The Bertz CT molecular complexity index is 575. The summed E-state index contributed by atoms with van der Waals surface area (Å²) in [4.78, 5) is 22.2. The van der Waals surface area contributed by atoms with Crippen LogP contribution in [0, 0.1) is 0 Å². The lowest BCUT2D eigenvalue weighted by Crippen LogP contribution is -2.30. The first-order valence-electron chi connectivity index (χ1n) is 4.77. The summed E-state index contributed by atoms with van der Waals surface area (Å²) in [5.74, 6) is -3.76. The summed E-state index contributed by atoms with van der Waals surface area (Å²) >= 11 is 5.70. The number of ether oxygens (including phenoxy) is 1. The second kappa shape index (κ2) is 6.00. The van der Waals surface area contributed by atoms with Gasteiger partial charge in [0.1, 0.15) is 11.3 Å². The van der Waals surface area contributed by atoms with Crippen LogP contribution in [-0.4, -0.2) is 30.3 Å². The van der Waals surface area contributed by atoms with Crippen molar-refractivity contribution in [2.24, 2.45) is 0 Å². The molecule has 0 aliphatic rings. The summed E-state index contributed by atoms with van der Waals surface area (Å²) in [6.07, 6.45) is -5.09. The number of phenols is 1. The molecule has 1 aromatic rings. The number of halogens is 5. The quantitative estimate of drug-likeness (QED) is 0.720. The molecule has 1 amide bonds. The lowest BCUT2D eigenvalue weighted by atomic mass is 10.2. The number of benzene rings is 1. The van der Waals surface area contributed by atoms with Gasteiger partial charge in [0, 0.05) is 4.47 Å². The molecular formula is C10H6Br2F3NO4. The Morgan fingerprint density at radius 2 is 1.90 bits per heavy atom. The van der Waals surface area contributed by atoms with Gasteiger partial charge in [0.2, 0.25) is 0 Å². The molecule has 1 rings (SSSR count). The number of methoxy groups -OCH3 is 1. The molecule has 0 aromatic heterocycles. The molecule has 2 N–H and O–H groups in total. The molecule has 0 fully saturated rings. The highest BCUT2D eigenvalue weighted by Crippen LogP contribution is 2.41. The van der Waals surface area contributed by atoms with E-state index >= 15 is 0 Å². The summed E-state index contributed by atoms with van der Waals surface area (Å²) in [5.41, 5.74) is -0.645. The molecule has 5 nitrogen and oxygen atoms in total. The van der Waals surface area contributed by atoms with Gasteiger partial charge in [0.15, 0.2) is 0 Å². The minimum Gasteiger partial charge on any atom is -0.506 e. The minimum atomic E-state index is -5.09. The zero-order chi connectivity index (χ0) is 15.7. The third-order valence-electron chi connectivity index (χ3n) is 2.09. The maximum absolute atomic E-state index is 12.2. The maximum Gasteiger partial charge on any atom is 0.471 e. The van der Waals surface area contributed by atoms with E-state index in [1.54, 1.807) is 5.32 Å². The van der Waals surface area contributed by atoms with E-state index < -0.39 is 23.8 Å². The van der Waals surface area contributed by atoms with Gasteiger partial charge in [-0.2, -0.15) is 13.2 Å². The predicted molar refractivity (Wildman–Crippen MR) is 69.5 cm³/mol. The van der Waals surface area contributed by atoms with E-state index in [1.807, 2.05) is 0 Å². The van der Waals surface area contributed by atoms with E-state index in [2.05, 4.69) is 36.6 Å². The van der Waals surface area contributed by atoms with Crippen LogP contribution >= 0.6 is 31.9 Å². The first-order chi connectivity index (χ1) is 9.09. The fourth-order valence-electron chi connectivity index (χ4n) is 1.17. The van der Waals surface area contributed by atoms with Crippen LogP contribution in [0.3, 0.4) is 0 Å². The first kappa shape index (κ1) is 16.8.